The molecule has 86 valence electrons. The lowest BCUT2D eigenvalue weighted by atomic mass is 10.1. The number of aromatic carboxylic acids is 1. The molecule has 0 unspecified atom stereocenters. The van der Waals surface area contributed by atoms with Crippen LogP contribution in [0, 0.1) is 0 Å². The summed E-state index contributed by atoms with van der Waals surface area (Å²) >= 11 is 0. The maximum atomic E-state index is 10.4. The van der Waals surface area contributed by atoms with Crippen LogP contribution < -0.4 is 0 Å². The lowest BCUT2D eigenvalue weighted by Gasteiger charge is -1.95. The summed E-state index contributed by atoms with van der Waals surface area (Å²) in [7, 11) is 0. The van der Waals surface area contributed by atoms with E-state index in [1.54, 1.807) is 12.1 Å². The highest BCUT2D eigenvalue weighted by atomic mass is 16.5. The highest BCUT2D eigenvalue weighted by Gasteiger charge is 2.06. The van der Waals surface area contributed by atoms with Crippen molar-refractivity contribution < 1.29 is 19.4 Å². The lowest BCUT2D eigenvalue weighted by Crippen LogP contribution is -2.00. The molecule has 1 N–H and O–H groups in total. The number of rotatable bonds is 2. The minimum absolute atomic E-state index is 0.0440. The zero-order valence-corrected chi connectivity index (χ0v) is 8.89. The molecule has 0 spiro atoms. The van der Waals surface area contributed by atoms with Crippen molar-refractivity contribution in [1.82, 2.24) is 0 Å². The van der Waals surface area contributed by atoms with Crippen LogP contribution in [0.15, 0.2) is 24.3 Å². The molecule has 0 saturated carbocycles. The minimum Gasteiger partial charge on any atom is -0.478 e. The van der Waals surface area contributed by atoms with E-state index in [9.17, 15) is 9.59 Å². The van der Waals surface area contributed by atoms with Crippen LogP contribution in [0.1, 0.15) is 33.6 Å². The summed E-state index contributed by atoms with van der Waals surface area (Å²) in [5.41, 5.74) is 0.252. The van der Waals surface area contributed by atoms with Gasteiger partial charge in [-0.25, -0.2) is 4.79 Å². The zero-order valence-electron chi connectivity index (χ0n) is 8.89. The van der Waals surface area contributed by atoms with Crippen LogP contribution in [0.25, 0.3) is 0 Å². The highest BCUT2D eigenvalue weighted by molar-refractivity contribution is 5.96. The van der Waals surface area contributed by atoms with Gasteiger partial charge in [0.2, 0.25) is 0 Å². The smallest absolute Gasteiger partial charge is 0.336 e. The van der Waals surface area contributed by atoms with Crippen LogP contribution >= 0.6 is 0 Å². The monoisotopic (exact) mass is 222 g/mol. The third-order valence-electron chi connectivity index (χ3n) is 2.15. The lowest BCUT2D eigenvalue weighted by molar-refractivity contribution is 0.0694. The molecule has 0 aliphatic carbocycles. The fraction of sp³-hybridized carbons (Fsp3) is 0.333. The SMILES string of the molecule is C1CCOC1.O=Cc1ccccc1C(=O)O. The Kier molecular flexibility index (Phi) is 5.22. The molecule has 1 saturated heterocycles. The van der Waals surface area contributed by atoms with Gasteiger partial charge in [-0.2, -0.15) is 0 Å². The van der Waals surface area contributed by atoms with Crippen molar-refractivity contribution in [3.63, 3.8) is 0 Å². The number of benzene rings is 1. The van der Waals surface area contributed by atoms with Gasteiger partial charge >= 0.3 is 5.97 Å². The molecule has 16 heavy (non-hydrogen) atoms. The van der Waals surface area contributed by atoms with Crippen LogP contribution in [0.4, 0.5) is 0 Å². The average Bonchev–Trinajstić information content (AvgIpc) is 2.87. The average molecular weight is 222 g/mol. The van der Waals surface area contributed by atoms with Crippen LogP contribution in [-0.2, 0) is 4.74 Å². The summed E-state index contributed by atoms with van der Waals surface area (Å²) in [6.07, 6.45) is 3.09. The summed E-state index contributed by atoms with van der Waals surface area (Å²) in [5.74, 6) is -1.08. The van der Waals surface area contributed by atoms with Crippen molar-refractivity contribution in [3.8, 4) is 0 Å². The second kappa shape index (κ2) is 6.74. The normalized spacial score (nSPS) is 13.8. The Hall–Kier alpha value is -1.68. The fourth-order valence-electron chi connectivity index (χ4n) is 1.30. The molecule has 0 atom stereocenters. The maximum absolute atomic E-state index is 10.4. The van der Waals surface area contributed by atoms with Crippen molar-refractivity contribution in [2.24, 2.45) is 0 Å². The minimum atomic E-state index is -1.08. The Morgan fingerprint density at radius 1 is 1.25 bits per heavy atom. The molecule has 1 aromatic carbocycles. The predicted octanol–water partition coefficient (Wildman–Crippen LogP) is 1.99. The first kappa shape index (κ1) is 12.4. The molecule has 0 amide bonds. The number of carboxylic acid groups (broad SMARTS) is 1. The van der Waals surface area contributed by atoms with E-state index in [0.717, 1.165) is 13.2 Å². The largest absolute Gasteiger partial charge is 0.478 e. The van der Waals surface area contributed by atoms with E-state index < -0.39 is 5.97 Å². The molecule has 1 fully saturated rings. The van der Waals surface area contributed by atoms with Crippen LogP contribution in [0.5, 0.6) is 0 Å². The first-order valence-electron chi connectivity index (χ1n) is 5.11. The molecule has 4 nitrogen and oxygen atoms in total. The van der Waals surface area contributed by atoms with Gasteiger partial charge in [-0.3, -0.25) is 4.79 Å². The highest BCUT2D eigenvalue weighted by Crippen LogP contribution is 2.04. The standard InChI is InChI=1S/C8H6O3.C4H8O/c9-5-6-3-1-2-4-7(6)8(10)11;1-2-4-5-3-1/h1-5H,(H,10,11);1-4H2. The van der Waals surface area contributed by atoms with Crippen molar-refractivity contribution in [2.45, 2.75) is 12.8 Å². The van der Waals surface area contributed by atoms with Gasteiger partial charge in [0, 0.05) is 18.8 Å². The van der Waals surface area contributed by atoms with Crippen LogP contribution in [0.3, 0.4) is 0 Å². The molecule has 4 heteroatoms. The van der Waals surface area contributed by atoms with Gasteiger partial charge in [-0.15, -0.1) is 0 Å². The van der Waals surface area contributed by atoms with Gasteiger partial charge in [0.25, 0.3) is 0 Å². The third kappa shape index (κ3) is 3.82. The Morgan fingerprint density at radius 3 is 2.25 bits per heavy atom. The molecule has 1 aromatic rings. The summed E-state index contributed by atoms with van der Waals surface area (Å²) in [6.45, 7) is 2.00. The Labute approximate surface area is 93.9 Å². The molecule has 0 radical (unpaired) electrons. The molecular weight excluding hydrogens is 208 g/mol. The Morgan fingerprint density at radius 2 is 1.88 bits per heavy atom. The van der Waals surface area contributed by atoms with E-state index in [1.165, 1.54) is 25.0 Å². The van der Waals surface area contributed by atoms with E-state index in [2.05, 4.69) is 0 Å². The first-order chi connectivity index (χ1) is 7.75. The summed E-state index contributed by atoms with van der Waals surface area (Å²) in [5, 5.41) is 8.54. The Balaban J connectivity index is 0.000000212. The molecule has 1 aliphatic heterocycles. The second-order valence-corrected chi connectivity index (χ2v) is 3.33. The number of hydrogen-bond acceptors (Lipinski definition) is 3. The number of ether oxygens (including phenoxy) is 1. The molecule has 0 aromatic heterocycles. The summed E-state index contributed by atoms with van der Waals surface area (Å²) in [4.78, 5) is 20.7. The number of carbonyl (C=O) groups is 2. The topological polar surface area (TPSA) is 63.6 Å². The summed E-state index contributed by atoms with van der Waals surface area (Å²) < 4.78 is 4.94. The van der Waals surface area contributed by atoms with Crippen molar-refractivity contribution in [3.05, 3.63) is 35.4 Å². The van der Waals surface area contributed by atoms with Crippen molar-refractivity contribution >= 4 is 12.3 Å². The molecule has 1 aliphatic rings. The molecule has 0 bridgehead atoms. The van der Waals surface area contributed by atoms with E-state index in [0.29, 0.717) is 6.29 Å². The predicted molar refractivity (Wildman–Crippen MR) is 58.8 cm³/mol. The summed E-state index contributed by atoms with van der Waals surface area (Å²) in [6, 6.07) is 6.06. The van der Waals surface area contributed by atoms with Gasteiger partial charge in [0.05, 0.1) is 5.56 Å². The van der Waals surface area contributed by atoms with Crippen LogP contribution in [0.2, 0.25) is 0 Å². The number of aldehydes is 1. The second-order valence-electron chi connectivity index (χ2n) is 3.33. The maximum Gasteiger partial charge on any atom is 0.336 e. The number of carbonyl (C=O) groups excluding carboxylic acids is 1. The van der Waals surface area contributed by atoms with Gasteiger partial charge in [0.15, 0.2) is 6.29 Å². The van der Waals surface area contributed by atoms with Gasteiger partial charge in [-0.05, 0) is 18.9 Å². The Bertz CT molecular complexity index is 348. The van der Waals surface area contributed by atoms with Crippen molar-refractivity contribution in [1.29, 1.82) is 0 Å². The fourth-order valence-corrected chi connectivity index (χ4v) is 1.30. The number of hydrogen-bond donors (Lipinski definition) is 1. The first-order valence-corrected chi connectivity index (χ1v) is 5.11. The molecular formula is C12H14O4. The van der Waals surface area contributed by atoms with Crippen molar-refractivity contribution in [2.75, 3.05) is 13.2 Å². The van der Waals surface area contributed by atoms with E-state index >= 15 is 0 Å². The zero-order chi connectivity index (χ0) is 11.8. The van der Waals surface area contributed by atoms with Crippen LogP contribution in [-0.4, -0.2) is 30.6 Å². The quantitative estimate of drug-likeness (QED) is 0.777. The molecule has 1 heterocycles. The van der Waals surface area contributed by atoms with Gasteiger partial charge in [-0.1, -0.05) is 18.2 Å². The van der Waals surface area contributed by atoms with E-state index in [-0.39, 0.29) is 11.1 Å². The van der Waals surface area contributed by atoms with E-state index in [1.807, 2.05) is 0 Å². The molecule has 2 rings (SSSR count). The van der Waals surface area contributed by atoms with Gasteiger partial charge in [0.1, 0.15) is 0 Å². The number of carboxylic acids is 1. The van der Waals surface area contributed by atoms with E-state index in [4.69, 9.17) is 9.84 Å². The van der Waals surface area contributed by atoms with Gasteiger partial charge < -0.3 is 9.84 Å². The third-order valence-corrected chi connectivity index (χ3v) is 2.15.